The second kappa shape index (κ2) is 7.45. The Morgan fingerprint density at radius 2 is 2.00 bits per heavy atom. The molecule has 0 aromatic heterocycles. The van der Waals surface area contributed by atoms with Crippen LogP contribution in [0.15, 0.2) is 30.3 Å². The third kappa shape index (κ3) is 3.93. The fraction of sp³-hybridized carbons (Fsp3) is 0.632. The number of nitrogens with zero attached hydrogens (tertiary/aromatic N) is 1. The first kappa shape index (κ1) is 16.5. The van der Waals surface area contributed by atoms with Crippen molar-refractivity contribution in [1.82, 2.24) is 4.90 Å². The van der Waals surface area contributed by atoms with E-state index in [4.69, 9.17) is 5.73 Å². The number of aliphatic hydroxyl groups excluding tert-OH is 1. The van der Waals surface area contributed by atoms with Crippen molar-refractivity contribution in [3.05, 3.63) is 35.9 Å². The average Bonchev–Trinajstić information content (AvgIpc) is 3.03. The van der Waals surface area contributed by atoms with E-state index in [-0.39, 0.29) is 23.9 Å². The van der Waals surface area contributed by atoms with Gasteiger partial charge < -0.3 is 15.7 Å². The molecule has 1 aromatic rings. The summed E-state index contributed by atoms with van der Waals surface area (Å²) in [5.41, 5.74) is 6.98. The second-order valence-corrected chi connectivity index (χ2v) is 7.11. The molecule has 1 aliphatic heterocycles. The van der Waals surface area contributed by atoms with Crippen LogP contribution in [0.4, 0.5) is 0 Å². The van der Waals surface area contributed by atoms with E-state index in [0.717, 1.165) is 50.6 Å². The highest BCUT2D eigenvalue weighted by Crippen LogP contribution is 2.32. The lowest BCUT2D eigenvalue weighted by Gasteiger charge is -2.33. The molecule has 1 saturated heterocycles. The summed E-state index contributed by atoms with van der Waals surface area (Å²) in [6, 6.07) is 10.1. The third-order valence-electron chi connectivity index (χ3n) is 5.40. The predicted octanol–water partition coefficient (Wildman–Crippen LogP) is 2.62. The lowest BCUT2D eigenvalue weighted by atomic mass is 9.85. The minimum absolute atomic E-state index is 0.0909. The zero-order valence-electron chi connectivity index (χ0n) is 13.7. The van der Waals surface area contributed by atoms with E-state index in [0.29, 0.717) is 6.42 Å². The second-order valence-electron chi connectivity index (χ2n) is 7.11. The van der Waals surface area contributed by atoms with Gasteiger partial charge in [0.1, 0.15) is 0 Å². The Kier molecular flexibility index (Phi) is 5.34. The first-order valence-corrected chi connectivity index (χ1v) is 8.94. The van der Waals surface area contributed by atoms with E-state index in [1.54, 1.807) is 0 Å². The summed E-state index contributed by atoms with van der Waals surface area (Å²) < 4.78 is 0. The maximum absolute atomic E-state index is 12.9. The van der Waals surface area contributed by atoms with E-state index in [1.807, 2.05) is 35.2 Å². The Bertz CT molecular complexity index is 519. The van der Waals surface area contributed by atoms with Crippen molar-refractivity contribution < 1.29 is 9.90 Å². The van der Waals surface area contributed by atoms with E-state index >= 15 is 0 Å². The molecular formula is C19H28N2O2. The predicted molar refractivity (Wildman–Crippen MR) is 90.7 cm³/mol. The van der Waals surface area contributed by atoms with Gasteiger partial charge in [-0.05, 0) is 44.1 Å². The van der Waals surface area contributed by atoms with Crippen LogP contribution in [0.2, 0.25) is 0 Å². The Balaban J connectivity index is 1.62. The number of amides is 1. The molecule has 1 aromatic carbocycles. The van der Waals surface area contributed by atoms with Crippen molar-refractivity contribution in [3.8, 4) is 0 Å². The minimum Gasteiger partial charge on any atom is -0.388 e. The first-order valence-electron chi connectivity index (χ1n) is 8.94. The van der Waals surface area contributed by atoms with Crippen LogP contribution >= 0.6 is 0 Å². The third-order valence-corrected chi connectivity index (χ3v) is 5.40. The molecule has 0 spiro atoms. The van der Waals surface area contributed by atoms with Gasteiger partial charge in [0.25, 0.3) is 0 Å². The number of rotatable bonds is 4. The fourth-order valence-corrected chi connectivity index (χ4v) is 4.13. The Hall–Kier alpha value is -1.39. The van der Waals surface area contributed by atoms with Crippen molar-refractivity contribution in [2.75, 3.05) is 6.54 Å². The highest BCUT2D eigenvalue weighted by atomic mass is 16.3. The maximum Gasteiger partial charge on any atom is 0.225 e. The van der Waals surface area contributed by atoms with Gasteiger partial charge in [-0.1, -0.05) is 36.8 Å². The zero-order valence-corrected chi connectivity index (χ0v) is 13.7. The van der Waals surface area contributed by atoms with Crippen LogP contribution < -0.4 is 5.73 Å². The van der Waals surface area contributed by atoms with E-state index in [1.165, 1.54) is 0 Å². The lowest BCUT2D eigenvalue weighted by molar-refractivity contribution is -0.138. The quantitative estimate of drug-likeness (QED) is 0.897. The molecule has 1 aliphatic carbocycles. The summed E-state index contributed by atoms with van der Waals surface area (Å²) in [6.07, 6.45) is 6.06. The highest BCUT2D eigenvalue weighted by Gasteiger charge is 2.35. The van der Waals surface area contributed by atoms with Crippen molar-refractivity contribution in [3.63, 3.8) is 0 Å². The Labute approximate surface area is 138 Å². The van der Waals surface area contributed by atoms with Crippen LogP contribution in [-0.2, 0) is 4.79 Å². The van der Waals surface area contributed by atoms with Crippen molar-refractivity contribution in [2.24, 2.45) is 11.7 Å². The molecule has 2 fully saturated rings. The molecule has 23 heavy (non-hydrogen) atoms. The fourth-order valence-electron chi connectivity index (χ4n) is 4.13. The van der Waals surface area contributed by atoms with Crippen molar-refractivity contribution >= 4 is 5.91 Å². The maximum atomic E-state index is 12.9. The number of hydrogen-bond donors (Lipinski definition) is 2. The summed E-state index contributed by atoms with van der Waals surface area (Å²) in [4.78, 5) is 14.9. The number of carbonyl (C=O) groups is 1. The normalized spacial score (nSPS) is 29.5. The van der Waals surface area contributed by atoms with Crippen LogP contribution in [0.5, 0.6) is 0 Å². The van der Waals surface area contributed by atoms with Gasteiger partial charge in [0.05, 0.1) is 6.10 Å². The highest BCUT2D eigenvalue weighted by molar-refractivity contribution is 5.79. The molecule has 0 bridgehead atoms. The van der Waals surface area contributed by atoms with E-state index in [2.05, 4.69) is 0 Å². The number of likely N-dealkylation sites (tertiary alicyclic amines) is 1. The molecule has 126 valence electrons. The van der Waals surface area contributed by atoms with E-state index in [9.17, 15) is 9.90 Å². The summed E-state index contributed by atoms with van der Waals surface area (Å²) in [5.74, 6) is 0.358. The molecule has 4 heteroatoms. The van der Waals surface area contributed by atoms with Gasteiger partial charge in [-0.3, -0.25) is 4.79 Å². The molecule has 1 amide bonds. The minimum atomic E-state index is -0.497. The van der Waals surface area contributed by atoms with Crippen molar-refractivity contribution in [1.29, 1.82) is 0 Å². The smallest absolute Gasteiger partial charge is 0.225 e. The molecule has 1 heterocycles. The molecular weight excluding hydrogens is 288 g/mol. The van der Waals surface area contributed by atoms with Crippen LogP contribution in [0.25, 0.3) is 0 Å². The summed E-state index contributed by atoms with van der Waals surface area (Å²) >= 11 is 0. The zero-order chi connectivity index (χ0) is 16.2. The first-order chi connectivity index (χ1) is 11.1. The van der Waals surface area contributed by atoms with Crippen LogP contribution in [0, 0.1) is 5.92 Å². The number of benzene rings is 1. The van der Waals surface area contributed by atoms with Crippen molar-refractivity contribution in [2.45, 2.75) is 63.1 Å². The molecule has 4 nitrogen and oxygen atoms in total. The number of aliphatic hydroxyl groups is 1. The largest absolute Gasteiger partial charge is 0.388 e. The number of hydrogen-bond acceptors (Lipinski definition) is 3. The molecule has 0 radical (unpaired) electrons. The van der Waals surface area contributed by atoms with Gasteiger partial charge in [-0.2, -0.15) is 0 Å². The Morgan fingerprint density at radius 1 is 1.22 bits per heavy atom. The molecule has 1 saturated carbocycles. The summed E-state index contributed by atoms with van der Waals surface area (Å²) in [5, 5.41) is 10.5. The summed E-state index contributed by atoms with van der Waals surface area (Å²) in [6.45, 7) is 0.830. The van der Waals surface area contributed by atoms with E-state index < -0.39 is 6.10 Å². The monoisotopic (exact) mass is 316 g/mol. The van der Waals surface area contributed by atoms with Crippen LogP contribution in [-0.4, -0.2) is 34.5 Å². The SMILES string of the molecule is NC1CCCC(C(=O)N2CCCC2CC(O)c2ccccc2)C1. The Morgan fingerprint density at radius 3 is 2.74 bits per heavy atom. The molecule has 3 N–H and O–H groups in total. The standard InChI is InChI=1S/C19H28N2O2/c20-16-9-4-8-15(12-16)19(23)21-11-5-10-17(21)13-18(22)14-6-2-1-3-7-14/h1-3,6-7,15-18,22H,4-5,8-13,20H2. The molecule has 4 atom stereocenters. The molecule has 4 unspecified atom stereocenters. The topological polar surface area (TPSA) is 66.6 Å². The van der Waals surface area contributed by atoms with Gasteiger partial charge in [0.2, 0.25) is 5.91 Å². The van der Waals surface area contributed by atoms with Gasteiger partial charge in [-0.25, -0.2) is 0 Å². The van der Waals surface area contributed by atoms with Gasteiger partial charge >= 0.3 is 0 Å². The lowest BCUT2D eigenvalue weighted by Crippen LogP contribution is -2.43. The average molecular weight is 316 g/mol. The number of nitrogens with two attached hydrogens (primary N) is 1. The molecule has 3 rings (SSSR count). The van der Waals surface area contributed by atoms with Gasteiger partial charge in [0, 0.05) is 24.5 Å². The van der Waals surface area contributed by atoms with Gasteiger partial charge in [0.15, 0.2) is 0 Å². The van der Waals surface area contributed by atoms with Gasteiger partial charge in [-0.15, -0.1) is 0 Å². The number of carbonyl (C=O) groups excluding carboxylic acids is 1. The molecule has 2 aliphatic rings. The summed E-state index contributed by atoms with van der Waals surface area (Å²) in [7, 11) is 0. The van der Waals surface area contributed by atoms with Crippen LogP contribution in [0.1, 0.15) is 56.6 Å². The van der Waals surface area contributed by atoms with Crippen LogP contribution in [0.3, 0.4) is 0 Å².